The summed E-state index contributed by atoms with van der Waals surface area (Å²) in [6.45, 7) is 24.6. The summed E-state index contributed by atoms with van der Waals surface area (Å²) < 4.78 is 0. The number of hydrogen-bond donors (Lipinski definition) is 0. The Bertz CT molecular complexity index is 1340. The standard InChI is InChI=1S/C36H40N2.C4H10.C2H6/c1-6-11-14-22-30-29-35(37(31(10-5)19-7-2)33-23-15-12-16-24-33)27-28-36(30)38(32(20-8-3)21-9-4)34-25-17-13-18-26-34;1-4(2)3;1-2/h6-10,12-13,15-21,23-29H,1,3,11,14,22H2,2,4-5H3;4H,1-3H3;1-2H3/b19-7-,21-9-,31-10+,32-20+;;. The first-order valence-electron chi connectivity index (χ1n) is 16.1. The Hall–Kier alpha value is -4.30. The van der Waals surface area contributed by atoms with E-state index in [2.05, 4.69) is 173 Å². The average molecular weight is 589 g/mol. The molecular weight excluding hydrogens is 532 g/mol. The van der Waals surface area contributed by atoms with Crippen LogP contribution in [0.5, 0.6) is 0 Å². The largest absolute Gasteiger partial charge is 0.311 e. The van der Waals surface area contributed by atoms with Crippen molar-refractivity contribution in [1.29, 1.82) is 0 Å². The van der Waals surface area contributed by atoms with E-state index in [0.29, 0.717) is 0 Å². The van der Waals surface area contributed by atoms with Gasteiger partial charge in [0.25, 0.3) is 0 Å². The van der Waals surface area contributed by atoms with Gasteiger partial charge in [-0.3, -0.25) is 0 Å². The monoisotopic (exact) mass is 588 g/mol. The number of rotatable bonds is 13. The molecule has 0 N–H and O–H groups in total. The molecule has 0 unspecified atom stereocenters. The van der Waals surface area contributed by atoms with Crippen molar-refractivity contribution in [3.05, 3.63) is 158 Å². The van der Waals surface area contributed by atoms with Gasteiger partial charge in [0.2, 0.25) is 0 Å². The molecule has 0 aromatic heterocycles. The predicted molar refractivity (Wildman–Crippen MR) is 200 cm³/mol. The van der Waals surface area contributed by atoms with E-state index >= 15 is 0 Å². The molecule has 2 nitrogen and oxygen atoms in total. The van der Waals surface area contributed by atoms with E-state index in [0.717, 1.165) is 59.3 Å². The van der Waals surface area contributed by atoms with Crippen molar-refractivity contribution < 1.29 is 0 Å². The third-order valence-electron chi connectivity index (χ3n) is 6.22. The van der Waals surface area contributed by atoms with Gasteiger partial charge in [-0.2, -0.15) is 0 Å². The van der Waals surface area contributed by atoms with E-state index in [9.17, 15) is 0 Å². The first kappa shape index (κ1) is 37.7. The zero-order valence-electron chi connectivity index (χ0n) is 28.6. The van der Waals surface area contributed by atoms with Gasteiger partial charge in [0.05, 0.1) is 0 Å². The molecule has 0 bridgehead atoms. The van der Waals surface area contributed by atoms with Crippen LogP contribution >= 0.6 is 0 Å². The minimum atomic E-state index is 0.833. The van der Waals surface area contributed by atoms with Crippen molar-refractivity contribution in [3.63, 3.8) is 0 Å². The third kappa shape index (κ3) is 12.1. The molecule has 0 aliphatic carbocycles. The normalized spacial score (nSPS) is 11.5. The number of nitrogens with zero attached hydrogens (tertiary/aromatic N) is 2. The quantitative estimate of drug-likeness (QED) is 0.111. The molecule has 0 amide bonds. The highest BCUT2D eigenvalue weighted by atomic mass is 15.2. The van der Waals surface area contributed by atoms with Crippen LogP contribution in [0.2, 0.25) is 0 Å². The van der Waals surface area contributed by atoms with Crippen molar-refractivity contribution >= 4 is 22.7 Å². The molecule has 44 heavy (non-hydrogen) atoms. The molecule has 3 aromatic rings. The lowest BCUT2D eigenvalue weighted by molar-refractivity contribution is 0.737. The Morgan fingerprint density at radius 3 is 1.70 bits per heavy atom. The molecule has 0 aliphatic heterocycles. The van der Waals surface area contributed by atoms with Crippen LogP contribution in [0.4, 0.5) is 22.7 Å². The van der Waals surface area contributed by atoms with Gasteiger partial charge in [-0.15, -0.1) is 6.58 Å². The summed E-state index contributed by atoms with van der Waals surface area (Å²) in [5.41, 5.74) is 8.01. The van der Waals surface area contributed by atoms with Gasteiger partial charge >= 0.3 is 0 Å². The molecule has 0 aliphatic rings. The van der Waals surface area contributed by atoms with Crippen molar-refractivity contribution in [2.45, 2.75) is 74.7 Å². The first-order chi connectivity index (χ1) is 21.4. The number of unbranched alkanes of at least 4 members (excludes halogenated alkanes) is 1. The van der Waals surface area contributed by atoms with Gasteiger partial charge in [-0.25, -0.2) is 0 Å². The van der Waals surface area contributed by atoms with Gasteiger partial charge in [0, 0.05) is 34.1 Å². The predicted octanol–water partition coefficient (Wildman–Crippen LogP) is 13.3. The van der Waals surface area contributed by atoms with E-state index in [1.54, 1.807) is 0 Å². The smallest absolute Gasteiger partial charge is 0.0495 e. The second-order valence-corrected chi connectivity index (χ2v) is 10.6. The number of allylic oxidation sites excluding steroid dienone is 8. The molecule has 2 heteroatoms. The highest BCUT2D eigenvalue weighted by molar-refractivity contribution is 5.78. The van der Waals surface area contributed by atoms with Gasteiger partial charge in [-0.1, -0.05) is 108 Å². The Morgan fingerprint density at radius 1 is 0.705 bits per heavy atom. The van der Waals surface area contributed by atoms with Gasteiger partial charge in [0.15, 0.2) is 0 Å². The molecular formula is C42H56N2. The summed E-state index contributed by atoms with van der Waals surface area (Å²) >= 11 is 0. The minimum Gasteiger partial charge on any atom is -0.311 e. The SMILES string of the molecule is C=C/C=C(\C=C/C)N(c1ccccc1)c1ccc(N(C(/C=C\C)=C/C)c2ccccc2)cc1CCCC=C.CC.CC(C)C. The average Bonchev–Trinajstić information content (AvgIpc) is 3.04. The van der Waals surface area contributed by atoms with Crippen LogP contribution in [0.1, 0.15) is 73.8 Å². The Morgan fingerprint density at radius 2 is 1.23 bits per heavy atom. The fraction of sp³-hybridized carbons (Fsp3) is 0.286. The number of aryl methyl sites for hydroxylation is 1. The highest BCUT2D eigenvalue weighted by Crippen LogP contribution is 2.39. The summed E-state index contributed by atoms with van der Waals surface area (Å²) in [6.07, 6.45) is 19.5. The van der Waals surface area contributed by atoms with Crippen LogP contribution in [0.3, 0.4) is 0 Å². The summed E-state index contributed by atoms with van der Waals surface area (Å²) in [7, 11) is 0. The van der Waals surface area contributed by atoms with Gasteiger partial charge < -0.3 is 9.80 Å². The number of para-hydroxylation sites is 2. The molecule has 0 saturated carbocycles. The fourth-order valence-electron chi connectivity index (χ4n) is 4.56. The lowest BCUT2D eigenvalue weighted by Gasteiger charge is -2.31. The fourth-order valence-corrected chi connectivity index (χ4v) is 4.56. The Kier molecular flexibility index (Phi) is 19.1. The number of anilines is 4. The molecule has 0 radical (unpaired) electrons. The van der Waals surface area contributed by atoms with Crippen molar-refractivity contribution in [2.24, 2.45) is 5.92 Å². The highest BCUT2D eigenvalue weighted by Gasteiger charge is 2.19. The summed E-state index contributed by atoms with van der Waals surface area (Å²) in [5, 5.41) is 0. The zero-order chi connectivity index (χ0) is 32.7. The van der Waals surface area contributed by atoms with Crippen molar-refractivity contribution in [1.82, 2.24) is 0 Å². The maximum Gasteiger partial charge on any atom is 0.0495 e. The van der Waals surface area contributed by atoms with E-state index in [4.69, 9.17) is 0 Å². The van der Waals surface area contributed by atoms with E-state index < -0.39 is 0 Å². The maximum atomic E-state index is 3.99. The lowest BCUT2D eigenvalue weighted by atomic mass is 10.0. The molecule has 3 aromatic carbocycles. The van der Waals surface area contributed by atoms with Crippen LogP contribution in [0.25, 0.3) is 0 Å². The topological polar surface area (TPSA) is 6.48 Å². The van der Waals surface area contributed by atoms with Crippen LogP contribution in [-0.4, -0.2) is 0 Å². The summed E-state index contributed by atoms with van der Waals surface area (Å²) in [6, 6.07) is 27.9. The second kappa shape index (κ2) is 22.3. The molecule has 0 spiro atoms. The second-order valence-electron chi connectivity index (χ2n) is 10.6. The van der Waals surface area contributed by atoms with Crippen LogP contribution in [0, 0.1) is 5.92 Å². The van der Waals surface area contributed by atoms with Gasteiger partial charge in [0.1, 0.15) is 0 Å². The Balaban J connectivity index is 0.00000149. The maximum absolute atomic E-state index is 3.99. The summed E-state index contributed by atoms with van der Waals surface area (Å²) in [5.74, 6) is 0.833. The lowest BCUT2D eigenvalue weighted by Crippen LogP contribution is -2.19. The third-order valence-corrected chi connectivity index (χ3v) is 6.22. The van der Waals surface area contributed by atoms with Crippen LogP contribution in [-0.2, 0) is 6.42 Å². The molecule has 0 atom stereocenters. The van der Waals surface area contributed by atoms with E-state index in [1.807, 2.05) is 32.9 Å². The van der Waals surface area contributed by atoms with Crippen LogP contribution < -0.4 is 9.80 Å². The van der Waals surface area contributed by atoms with Crippen LogP contribution in [0.15, 0.2) is 152 Å². The molecule has 3 rings (SSSR count). The zero-order valence-corrected chi connectivity index (χ0v) is 28.6. The van der Waals surface area contributed by atoms with E-state index in [-0.39, 0.29) is 0 Å². The Labute approximate surface area is 270 Å². The van der Waals surface area contributed by atoms with Crippen molar-refractivity contribution in [2.75, 3.05) is 9.80 Å². The number of hydrogen-bond acceptors (Lipinski definition) is 2. The minimum absolute atomic E-state index is 0.833. The van der Waals surface area contributed by atoms with E-state index in [1.165, 1.54) is 5.56 Å². The molecule has 0 fully saturated rings. The molecule has 0 heterocycles. The molecule has 234 valence electrons. The van der Waals surface area contributed by atoms with Gasteiger partial charge in [-0.05, 0) is 112 Å². The summed E-state index contributed by atoms with van der Waals surface area (Å²) in [4.78, 5) is 4.64. The molecule has 0 saturated heterocycles. The van der Waals surface area contributed by atoms with Crippen molar-refractivity contribution in [3.8, 4) is 0 Å². The first-order valence-corrected chi connectivity index (χ1v) is 16.1. The number of benzene rings is 3.